The minimum Gasteiger partial charge on any atom is -0.406 e. The highest BCUT2D eigenvalue weighted by atomic mass is 35.5. The van der Waals surface area contributed by atoms with Crippen molar-refractivity contribution in [2.45, 2.75) is 39.1 Å². The van der Waals surface area contributed by atoms with Crippen LogP contribution in [0.1, 0.15) is 77.8 Å². The number of nitrogens with zero attached hydrogens (tertiary/aromatic N) is 3. The summed E-state index contributed by atoms with van der Waals surface area (Å²) in [7, 11) is 0. The summed E-state index contributed by atoms with van der Waals surface area (Å²) in [4.78, 5) is 57.1. The molecule has 2 heterocycles. The van der Waals surface area contributed by atoms with Crippen molar-refractivity contribution in [1.29, 1.82) is 0 Å². The fraction of sp³-hybridized carbons (Fsp3) is 0.176. The summed E-state index contributed by atoms with van der Waals surface area (Å²) in [6.45, 7) is 3.35. The number of hydrogen-bond acceptors (Lipinski definition) is 7. The highest BCUT2D eigenvalue weighted by Gasteiger charge is 2.32. The molecular formula is C34H26ClF3N6O5. The van der Waals surface area contributed by atoms with Crippen molar-refractivity contribution in [3.8, 4) is 5.75 Å². The molecule has 3 amide bonds. The van der Waals surface area contributed by atoms with E-state index in [-0.39, 0.29) is 39.1 Å². The van der Waals surface area contributed by atoms with Crippen molar-refractivity contribution in [3.05, 3.63) is 117 Å². The number of ketones is 1. The molecule has 11 nitrogen and oxygen atoms in total. The van der Waals surface area contributed by atoms with E-state index in [9.17, 15) is 32.3 Å². The molecule has 3 aromatic carbocycles. The van der Waals surface area contributed by atoms with Crippen LogP contribution in [0.4, 0.5) is 24.5 Å². The molecule has 1 aliphatic carbocycles. The second kappa shape index (κ2) is 13.0. The number of rotatable bonds is 8. The Kier molecular flexibility index (Phi) is 8.82. The van der Waals surface area contributed by atoms with Gasteiger partial charge in [0.15, 0.2) is 11.4 Å². The van der Waals surface area contributed by atoms with Crippen LogP contribution in [0, 0.1) is 6.92 Å². The van der Waals surface area contributed by atoms with Gasteiger partial charge in [0.2, 0.25) is 0 Å². The van der Waals surface area contributed by atoms with Gasteiger partial charge in [-0.1, -0.05) is 41.9 Å². The Balaban J connectivity index is 1.36. The average molecular weight is 691 g/mol. The molecular weight excluding hydrogens is 665 g/mol. The maximum Gasteiger partial charge on any atom is 0.573 e. The highest BCUT2D eigenvalue weighted by molar-refractivity contribution is 6.34. The van der Waals surface area contributed by atoms with Crippen molar-refractivity contribution < 1.29 is 37.1 Å². The largest absolute Gasteiger partial charge is 0.573 e. The first-order chi connectivity index (χ1) is 23.3. The highest BCUT2D eigenvalue weighted by Crippen LogP contribution is 2.35. The second-order valence-corrected chi connectivity index (χ2v) is 11.6. The molecule has 250 valence electrons. The van der Waals surface area contributed by atoms with Crippen LogP contribution >= 0.6 is 11.6 Å². The van der Waals surface area contributed by atoms with Gasteiger partial charge in [-0.3, -0.25) is 19.2 Å². The van der Waals surface area contributed by atoms with Gasteiger partial charge in [0, 0.05) is 23.4 Å². The molecule has 0 bridgehead atoms. The summed E-state index contributed by atoms with van der Waals surface area (Å²) in [5.74, 6) is -2.85. The summed E-state index contributed by atoms with van der Waals surface area (Å²) >= 11 is 6.21. The molecule has 0 radical (unpaired) electrons. The van der Waals surface area contributed by atoms with Gasteiger partial charge in [-0.25, -0.2) is 9.50 Å². The van der Waals surface area contributed by atoms with Crippen LogP contribution in [0.25, 0.3) is 5.65 Å². The van der Waals surface area contributed by atoms with Crippen molar-refractivity contribution in [3.63, 3.8) is 0 Å². The quantitative estimate of drug-likeness (QED) is 0.154. The van der Waals surface area contributed by atoms with Crippen molar-refractivity contribution >= 4 is 52.1 Å². The third-order valence-corrected chi connectivity index (χ3v) is 8.34. The zero-order chi connectivity index (χ0) is 35.0. The number of Topliss-reactive ketones (excluding diaryl/α,β-unsaturated/α-hetero) is 1. The van der Waals surface area contributed by atoms with Gasteiger partial charge in [0.05, 0.1) is 22.9 Å². The summed E-state index contributed by atoms with van der Waals surface area (Å²) < 4.78 is 43.4. The fourth-order valence-corrected chi connectivity index (χ4v) is 5.95. The lowest BCUT2D eigenvalue weighted by Gasteiger charge is -2.16. The van der Waals surface area contributed by atoms with Gasteiger partial charge in [0.1, 0.15) is 22.7 Å². The average Bonchev–Trinajstić information content (AvgIpc) is 3.66. The molecule has 0 spiro atoms. The lowest BCUT2D eigenvalue weighted by Crippen LogP contribution is -2.30. The van der Waals surface area contributed by atoms with Crippen LogP contribution in [-0.4, -0.2) is 44.5 Å². The zero-order valence-corrected chi connectivity index (χ0v) is 26.6. The molecule has 2 aromatic heterocycles. The molecule has 0 saturated carbocycles. The minimum atomic E-state index is -4.95. The lowest BCUT2D eigenvalue weighted by molar-refractivity contribution is -0.274. The van der Waals surface area contributed by atoms with Crippen molar-refractivity contribution in [2.24, 2.45) is 0 Å². The maximum absolute atomic E-state index is 13.9. The monoisotopic (exact) mass is 690 g/mol. The van der Waals surface area contributed by atoms with Crippen LogP contribution < -0.4 is 20.7 Å². The second-order valence-electron chi connectivity index (χ2n) is 11.2. The molecule has 49 heavy (non-hydrogen) atoms. The third-order valence-electron chi connectivity index (χ3n) is 8.01. The Labute approximate surface area is 281 Å². The van der Waals surface area contributed by atoms with Crippen molar-refractivity contribution in [1.82, 2.24) is 19.9 Å². The van der Waals surface area contributed by atoms with Crippen LogP contribution in [0.5, 0.6) is 5.75 Å². The maximum atomic E-state index is 13.9. The molecule has 15 heteroatoms. The molecule has 0 saturated heterocycles. The van der Waals surface area contributed by atoms with Crippen LogP contribution in [-0.2, 0) is 6.42 Å². The van der Waals surface area contributed by atoms with E-state index in [2.05, 4.69) is 30.8 Å². The molecule has 0 fully saturated rings. The number of para-hydroxylation sites is 1. The Bertz CT molecular complexity index is 2170. The van der Waals surface area contributed by atoms with E-state index in [1.165, 1.54) is 25.3 Å². The fourth-order valence-electron chi connectivity index (χ4n) is 5.76. The molecule has 3 N–H and O–H groups in total. The number of amides is 3. The number of nitrogens with one attached hydrogen (secondary N) is 3. The number of hydrogen-bond donors (Lipinski definition) is 3. The van der Waals surface area contributed by atoms with Gasteiger partial charge in [-0.15, -0.1) is 13.2 Å². The van der Waals surface area contributed by atoms with Crippen LogP contribution in [0.15, 0.2) is 72.9 Å². The summed E-state index contributed by atoms with van der Waals surface area (Å²) in [6.07, 6.45) is -2.60. The number of carbonyl (C=O) groups is 4. The van der Waals surface area contributed by atoms with E-state index >= 15 is 0 Å². The molecule has 1 atom stereocenters. The smallest absolute Gasteiger partial charge is 0.406 e. The third kappa shape index (κ3) is 6.94. The topological polar surface area (TPSA) is 144 Å². The van der Waals surface area contributed by atoms with Gasteiger partial charge in [0.25, 0.3) is 17.7 Å². The Morgan fingerprint density at radius 1 is 0.939 bits per heavy atom. The number of alkyl halides is 3. The summed E-state index contributed by atoms with van der Waals surface area (Å²) in [5, 5.41) is 12.6. The number of carbonyl (C=O) groups excluding carboxylic acids is 4. The van der Waals surface area contributed by atoms with Crippen LogP contribution in [0.2, 0.25) is 5.02 Å². The first-order valence-electron chi connectivity index (χ1n) is 14.8. The number of halogens is 4. The molecule has 5 aromatic rings. The predicted molar refractivity (Wildman–Crippen MR) is 173 cm³/mol. The number of ether oxygens (including phenoxy) is 1. The van der Waals surface area contributed by atoms with Crippen LogP contribution in [0.3, 0.4) is 0 Å². The zero-order valence-electron chi connectivity index (χ0n) is 25.8. The summed E-state index contributed by atoms with van der Waals surface area (Å²) in [6, 6.07) is 15.4. The molecule has 0 unspecified atom stereocenters. The standard InChI is InChI=1S/C34H26ClF3N6O5/c1-17-21(18(2)45)10-11-23-22(17)12-13-26(23)42-33(48)29-15-28(32(47)40-19-6-5-7-20(14-19)49-34(36,37)38)41-30-24(16-39-44(29)30)31(46)43-27-9-4-3-8-25(27)35/h3-11,14-16,26H,12-13H2,1-2H3,(H,40,47)(H,42,48)(H,43,46)/t26-/m0/s1. The summed E-state index contributed by atoms with van der Waals surface area (Å²) in [5.41, 5.74) is 2.79. The lowest BCUT2D eigenvalue weighted by atomic mass is 9.96. The minimum absolute atomic E-state index is 0.0486. The molecule has 6 rings (SSSR count). The number of anilines is 2. The first-order valence-corrected chi connectivity index (χ1v) is 15.2. The predicted octanol–water partition coefficient (Wildman–Crippen LogP) is 6.71. The number of fused-ring (bicyclic) bond motifs is 2. The van der Waals surface area contributed by atoms with Gasteiger partial charge in [-0.2, -0.15) is 5.10 Å². The van der Waals surface area contributed by atoms with E-state index in [1.54, 1.807) is 36.4 Å². The molecule has 1 aliphatic rings. The Hall–Kier alpha value is -5.76. The van der Waals surface area contributed by atoms with E-state index in [4.69, 9.17) is 11.6 Å². The molecule has 0 aliphatic heterocycles. The number of aromatic nitrogens is 3. The van der Waals surface area contributed by atoms with E-state index < -0.39 is 35.9 Å². The SMILES string of the molecule is CC(=O)c1ccc2c(c1C)CC[C@@H]2NC(=O)c1cc(C(=O)Nc2cccc(OC(F)(F)F)c2)nc2c(C(=O)Nc3ccccc3Cl)cnn12. The van der Waals surface area contributed by atoms with Gasteiger partial charge >= 0.3 is 6.36 Å². The van der Waals surface area contributed by atoms with E-state index in [0.29, 0.717) is 24.1 Å². The van der Waals surface area contributed by atoms with Gasteiger partial charge < -0.3 is 20.7 Å². The van der Waals surface area contributed by atoms with Gasteiger partial charge in [-0.05, 0) is 67.6 Å². The Morgan fingerprint density at radius 2 is 1.71 bits per heavy atom. The van der Waals surface area contributed by atoms with E-state index in [1.807, 2.05) is 6.92 Å². The van der Waals surface area contributed by atoms with E-state index in [0.717, 1.165) is 39.4 Å². The number of benzene rings is 3. The first kappa shape index (κ1) is 33.2. The normalized spacial score (nSPS) is 13.9. The Morgan fingerprint density at radius 3 is 2.45 bits per heavy atom. The van der Waals surface area contributed by atoms with Crippen molar-refractivity contribution in [2.75, 3.05) is 10.6 Å².